The molecule has 0 radical (unpaired) electrons. The van der Waals surface area contributed by atoms with Gasteiger partial charge >= 0.3 is 37.7 Å². The summed E-state index contributed by atoms with van der Waals surface area (Å²) < 4.78 is 71.6. The second kappa shape index (κ2) is 16.5. The third-order valence-electron chi connectivity index (χ3n) is 7.37. The summed E-state index contributed by atoms with van der Waals surface area (Å²) in [6.07, 6.45) is 2.75. The van der Waals surface area contributed by atoms with Crippen molar-refractivity contribution in [3.8, 4) is 0 Å². The molecule has 0 atom stereocenters. The summed E-state index contributed by atoms with van der Waals surface area (Å²) in [6, 6.07) is 18.6. The predicted molar refractivity (Wildman–Crippen MR) is 184 cm³/mol. The van der Waals surface area contributed by atoms with Gasteiger partial charge in [-0.2, -0.15) is 0 Å². The van der Waals surface area contributed by atoms with Crippen LogP contribution < -0.4 is 0 Å². The van der Waals surface area contributed by atoms with E-state index < -0.39 is 20.2 Å². The largest absolute Gasteiger partial charge is 2.00 e. The minimum Gasteiger partial charge on any atom is -0.744 e. The van der Waals surface area contributed by atoms with Gasteiger partial charge in [0, 0.05) is 0 Å². The minimum atomic E-state index is -4.51. The fourth-order valence-corrected chi connectivity index (χ4v) is 7.85. The van der Waals surface area contributed by atoms with Crippen LogP contribution in [-0.2, 0) is 45.9 Å². The number of fused-ring (bicyclic) bond motifs is 2. The summed E-state index contributed by atoms with van der Waals surface area (Å²) in [7, 11) is -9.03. The Kier molecular flexibility index (Phi) is 14.6. The molecule has 0 unspecified atom stereocenters. The molecule has 0 saturated heterocycles. The summed E-state index contributed by atoms with van der Waals surface area (Å²) in [5.41, 5.74) is 3.38. The van der Waals surface area contributed by atoms with Gasteiger partial charge in [0.1, 0.15) is 20.2 Å². The van der Waals surface area contributed by atoms with Gasteiger partial charge in [-0.3, -0.25) is 0 Å². The zero-order chi connectivity index (χ0) is 33.0. The summed E-state index contributed by atoms with van der Waals surface area (Å²) in [4.78, 5) is -0.0371. The molecule has 0 spiro atoms. The topological polar surface area (TPSA) is 114 Å². The van der Waals surface area contributed by atoms with Crippen molar-refractivity contribution in [2.24, 2.45) is 23.7 Å². The van der Waals surface area contributed by atoms with Crippen LogP contribution in [0.4, 0.5) is 0 Å². The molecule has 4 aromatic rings. The Balaban J connectivity index is 0.000000307. The van der Waals surface area contributed by atoms with Gasteiger partial charge in [-0.25, -0.2) is 16.8 Å². The molecule has 9 heteroatoms. The minimum absolute atomic E-state index is 0. The molecule has 4 rings (SSSR count). The van der Waals surface area contributed by atoms with Gasteiger partial charge in [0.2, 0.25) is 0 Å². The van der Waals surface area contributed by atoms with Gasteiger partial charge < -0.3 is 9.11 Å². The van der Waals surface area contributed by atoms with Gasteiger partial charge in [-0.15, -0.1) is 0 Å². The molecule has 0 amide bonds. The standard InChI is InChI=1S/2C18H24O3S.Ca/c2*1-12(2)9-15-11-14-7-5-6-8-16(14)18(22(19,20)21)17(15)10-13(3)4;/h2*5-8,11-13H,9-10H2,1-4H3,(H,19,20,21);/q;;+2/p-2. The van der Waals surface area contributed by atoms with Crippen molar-refractivity contribution < 1.29 is 25.9 Å². The first-order valence-corrected chi connectivity index (χ1v) is 18.2. The van der Waals surface area contributed by atoms with E-state index in [2.05, 4.69) is 27.7 Å². The Bertz CT molecular complexity index is 1690. The molecule has 0 heterocycles. The first-order chi connectivity index (χ1) is 20.4. The van der Waals surface area contributed by atoms with Crippen LogP contribution in [0, 0.1) is 23.7 Å². The molecule has 240 valence electrons. The van der Waals surface area contributed by atoms with E-state index in [1.54, 1.807) is 24.3 Å². The van der Waals surface area contributed by atoms with Crippen LogP contribution in [0.25, 0.3) is 21.5 Å². The van der Waals surface area contributed by atoms with E-state index in [9.17, 15) is 25.9 Å². The van der Waals surface area contributed by atoms with Crippen molar-refractivity contribution in [2.75, 3.05) is 0 Å². The van der Waals surface area contributed by atoms with E-state index in [1.165, 1.54) is 0 Å². The molecule has 4 aromatic carbocycles. The van der Waals surface area contributed by atoms with Gasteiger partial charge in [-0.1, -0.05) is 116 Å². The second-order valence-corrected chi connectivity index (χ2v) is 16.1. The van der Waals surface area contributed by atoms with Crippen molar-refractivity contribution in [1.29, 1.82) is 0 Å². The molecule has 0 aliphatic rings. The molecular weight excluding hydrogens is 633 g/mol. The van der Waals surface area contributed by atoms with Crippen LogP contribution in [0.15, 0.2) is 70.5 Å². The maximum atomic E-state index is 11.9. The third-order valence-corrected chi connectivity index (χ3v) is 9.31. The van der Waals surface area contributed by atoms with Crippen molar-refractivity contribution in [3.05, 3.63) is 82.9 Å². The normalized spacial score (nSPS) is 12.2. The Morgan fingerprint density at radius 3 is 1.07 bits per heavy atom. The molecule has 0 bridgehead atoms. The SMILES string of the molecule is CC(C)Cc1cc2ccccc2c(S(=O)(=O)[O-])c1CC(C)C.CC(C)Cc1cc2ccccc2c(S(=O)(=O)[O-])c1CC(C)C.[Ca+2]. The first kappa shape index (κ1) is 39.7. The van der Waals surface area contributed by atoms with Gasteiger partial charge in [-0.05, 0) is 93.2 Å². The molecule has 0 aliphatic heterocycles. The van der Waals surface area contributed by atoms with E-state index in [1.807, 2.05) is 64.1 Å². The molecule has 6 nitrogen and oxygen atoms in total. The Labute approximate surface area is 300 Å². The quantitative estimate of drug-likeness (QED) is 0.124. The molecular formula is C36H46CaO6S2. The van der Waals surface area contributed by atoms with E-state index in [-0.39, 0.29) is 59.4 Å². The Morgan fingerprint density at radius 2 is 0.800 bits per heavy atom. The van der Waals surface area contributed by atoms with Gasteiger partial charge in [0.05, 0.1) is 9.79 Å². The second-order valence-electron chi connectivity index (χ2n) is 13.4. The number of hydrogen-bond acceptors (Lipinski definition) is 6. The van der Waals surface area contributed by atoms with Crippen LogP contribution in [-0.4, -0.2) is 63.7 Å². The maximum absolute atomic E-state index is 11.9. The zero-order valence-electron chi connectivity index (χ0n) is 27.9. The molecule has 45 heavy (non-hydrogen) atoms. The van der Waals surface area contributed by atoms with E-state index >= 15 is 0 Å². The maximum Gasteiger partial charge on any atom is 2.00 e. The molecule has 0 fully saturated rings. The van der Waals surface area contributed by atoms with Crippen molar-refractivity contribution in [3.63, 3.8) is 0 Å². The molecule has 0 aliphatic carbocycles. The van der Waals surface area contributed by atoms with E-state index in [0.29, 0.717) is 46.6 Å². The van der Waals surface area contributed by atoms with E-state index in [0.717, 1.165) is 34.7 Å². The molecule has 0 N–H and O–H groups in total. The number of benzene rings is 4. The first-order valence-electron chi connectivity index (χ1n) is 15.4. The van der Waals surface area contributed by atoms with Crippen LogP contribution in [0.3, 0.4) is 0 Å². The van der Waals surface area contributed by atoms with Crippen LogP contribution in [0.2, 0.25) is 0 Å². The van der Waals surface area contributed by atoms with E-state index in [4.69, 9.17) is 0 Å². The average Bonchev–Trinajstić information content (AvgIpc) is 2.87. The van der Waals surface area contributed by atoms with Gasteiger partial charge in [0.25, 0.3) is 0 Å². The monoisotopic (exact) mass is 678 g/mol. The van der Waals surface area contributed by atoms with Crippen molar-refractivity contribution in [1.82, 2.24) is 0 Å². The number of hydrogen-bond donors (Lipinski definition) is 0. The molecule has 0 aromatic heterocycles. The van der Waals surface area contributed by atoms with Crippen LogP contribution >= 0.6 is 0 Å². The zero-order valence-corrected chi connectivity index (χ0v) is 31.7. The summed E-state index contributed by atoms with van der Waals surface area (Å²) in [5, 5.41) is 2.72. The smallest absolute Gasteiger partial charge is 0.744 e. The van der Waals surface area contributed by atoms with Crippen molar-refractivity contribution >= 4 is 79.5 Å². The molecule has 0 saturated carbocycles. The fraction of sp³-hybridized carbons (Fsp3) is 0.444. The average molecular weight is 679 g/mol. The summed E-state index contributed by atoms with van der Waals surface area (Å²) in [6.45, 7) is 16.5. The number of rotatable bonds is 10. The fourth-order valence-electron chi connectivity index (χ4n) is 5.90. The third kappa shape index (κ3) is 10.7. The van der Waals surface area contributed by atoms with Gasteiger partial charge in [0.15, 0.2) is 0 Å². The Morgan fingerprint density at radius 1 is 0.511 bits per heavy atom. The Hall–Kier alpha value is -1.52. The van der Waals surface area contributed by atoms with Crippen LogP contribution in [0.5, 0.6) is 0 Å². The summed E-state index contributed by atoms with van der Waals surface area (Å²) in [5.74, 6) is 1.36. The van der Waals surface area contributed by atoms with Crippen LogP contribution in [0.1, 0.15) is 77.6 Å². The summed E-state index contributed by atoms with van der Waals surface area (Å²) >= 11 is 0. The predicted octanol–water partition coefficient (Wildman–Crippen LogP) is 7.90. The van der Waals surface area contributed by atoms with Crippen molar-refractivity contribution in [2.45, 2.75) is 90.9 Å².